The number of aryl methyl sites for hydroxylation is 1. The Morgan fingerprint density at radius 1 is 1.41 bits per heavy atom. The fourth-order valence-electron chi connectivity index (χ4n) is 2.62. The maximum absolute atomic E-state index is 11.3. The molecule has 1 atom stereocenters. The van der Waals surface area contributed by atoms with E-state index in [4.69, 9.17) is 4.74 Å². The monoisotopic (exact) mass is 232 g/mol. The van der Waals surface area contributed by atoms with Gasteiger partial charge in [-0.1, -0.05) is 12.1 Å². The zero-order chi connectivity index (χ0) is 11.8. The average molecular weight is 232 g/mol. The number of hydrogen-bond donors (Lipinski definition) is 1. The van der Waals surface area contributed by atoms with E-state index in [1.807, 2.05) is 18.2 Å². The molecule has 0 saturated heterocycles. The molecule has 1 saturated carbocycles. The molecule has 1 aromatic rings. The van der Waals surface area contributed by atoms with Crippen LogP contribution < -0.4 is 4.74 Å². The molecule has 1 fully saturated rings. The van der Waals surface area contributed by atoms with Crippen LogP contribution in [0.3, 0.4) is 0 Å². The second kappa shape index (κ2) is 4.06. The quantitative estimate of drug-likeness (QED) is 0.871. The molecule has 17 heavy (non-hydrogen) atoms. The topological polar surface area (TPSA) is 46.5 Å². The summed E-state index contributed by atoms with van der Waals surface area (Å²) in [6, 6.07) is 5.88. The van der Waals surface area contributed by atoms with E-state index < -0.39 is 5.97 Å². The summed E-state index contributed by atoms with van der Waals surface area (Å²) in [5.41, 5.74) is 2.12. The van der Waals surface area contributed by atoms with Crippen LogP contribution in [-0.4, -0.2) is 17.7 Å². The largest absolute Gasteiger partial charge is 0.493 e. The molecule has 3 heteroatoms. The third kappa shape index (κ3) is 2.02. The third-order valence-corrected chi connectivity index (χ3v) is 3.65. The number of aliphatic carboxylic acids is 1. The Labute approximate surface area is 100 Å². The first-order valence-corrected chi connectivity index (χ1v) is 6.24. The van der Waals surface area contributed by atoms with Crippen molar-refractivity contribution in [2.24, 2.45) is 5.92 Å². The van der Waals surface area contributed by atoms with Crippen molar-refractivity contribution in [3.8, 4) is 5.75 Å². The first kappa shape index (κ1) is 10.6. The van der Waals surface area contributed by atoms with E-state index in [1.165, 1.54) is 5.56 Å². The van der Waals surface area contributed by atoms with Crippen LogP contribution in [0.1, 0.15) is 36.3 Å². The highest BCUT2D eigenvalue weighted by Crippen LogP contribution is 2.43. The molecule has 0 spiro atoms. The van der Waals surface area contributed by atoms with Crippen molar-refractivity contribution in [3.63, 3.8) is 0 Å². The van der Waals surface area contributed by atoms with Crippen LogP contribution in [0.5, 0.6) is 5.75 Å². The van der Waals surface area contributed by atoms with Gasteiger partial charge in [0.2, 0.25) is 0 Å². The van der Waals surface area contributed by atoms with Gasteiger partial charge in [0, 0.05) is 0 Å². The second-order valence-electron chi connectivity index (χ2n) is 4.97. The Kier molecular flexibility index (Phi) is 2.54. The highest BCUT2D eigenvalue weighted by Gasteiger charge is 2.37. The van der Waals surface area contributed by atoms with E-state index in [1.54, 1.807) is 0 Å². The molecule has 0 amide bonds. The minimum atomic E-state index is -0.691. The Morgan fingerprint density at radius 2 is 2.24 bits per heavy atom. The van der Waals surface area contributed by atoms with Crippen molar-refractivity contribution in [2.75, 3.05) is 6.61 Å². The molecule has 3 nitrogen and oxygen atoms in total. The number of carboxylic acids is 1. The molecular formula is C14H16O3. The molecule has 1 aliphatic carbocycles. The van der Waals surface area contributed by atoms with Gasteiger partial charge in [-0.25, -0.2) is 0 Å². The Balaban J connectivity index is 1.93. The third-order valence-electron chi connectivity index (χ3n) is 3.65. The highest BCUT2D eigenvalue weighted by atomic mass is 16.5. The fourth-order valence-corrected chi connectivity index (χ4v) is 2.62. The summed E-state index contributed by atoms with van der Waals surface area (Å²) in [5, 5.41) is 9.31. The zero-order valence-electron chi connectivity index (χ0n) is 9.69. The van der Waals surface area contributed by atoms with Gasteiger partial charge >= 0.3 is 5.97 Å². The zero-order valence-corrected chi connectivity index (χ0v) is 9.69. The highest BCUT2D eigenvalue weighted by molar-refractivity contribution is 5.77. The van der Waals surface area contributed by atoms with Crippen molar-refractivity contribution >= 4 is 5.97 Å². The number of hydrogen-bond acceptors (Lipinski definition) is 2. The van der Waals surface area contributed by atoms with Crippen molar-refractivity contribution in [1.82, 2.24) is 0 Å². The molecule has 0 radical (unpaired) electrons. The number of benzene rings is 1. The van der Waals surface area contributed by atoms with Crippen LogP contribution >= 0.6 is 0 Å². The van der Waals surface area contributed by atoms with E-state index in [0.717, 1.165) is 43.6 Å². The first-order valence-electron chi connectivity index (χ1n) is 6.24. The standard InChI is InChI=1S/C14H16O3/c15-14(16)13(9-3-4-9)11-5-6-12-10(8-11)2-1-7-17-12/h5-6,8-9,13H,1-4,7H2,(H,15,16). The van der Waals surface area contributed by atoms with Gasteiger partial charge in [0.15, 0.2) is 0 Å². The number of rotatable bonds is 3. The summed E-state index contributed by atoms with van der Waals surface area (Å²) < 4.78 is 5.55. The number of fused-ring (bicyclic) bond motifs is 1. The Bertz CT molecular complexity index is 449. The molecule has 90 valence electrons. The minimum Gasteiger partial charge on any atom is -0.493 e. The SMILES string of the molecule is O=C(O)C(c1ccc2c(c1)CCCO2)C1CC1. The van der Waals surface area contributed by atoms with Gasteiger partial charge in [0.25, 0.3) is 0 Å². The van der Waals surface area contributed by atoms with Crippen LogP contribution in [-0.2, 0) is 11.2 Å². The predicted molar refractivity (Wildman–Crippen MR) is 63.4 cm³/mol. The van der Waals surface area contributed by atoms with Gasteiger partial charge < -0.3 is 9.84 Å². The molecule has 1 aromatic carbocycles. The van der Waals surface area contributed by atoms with Gasteiger partial charge in [-0.3, -0.25) is 4.79 Å². The van der Waals surface area contributed by atoms with Crippen LogP contribution in [0.25, 0.3) is 0 Å². The first-order chi connectivity index (χ1) is 8.25. The van der Waals surface area contributed by atoms with Crippen LogP contribution in [0.2, 0.25) is 0 Å². The molecule has 3 rings (SSSR count). The molecule has 2 aliphatic rings. The van der Waals surface area contributed by atoms with Gasteiger partial charge in [0.1, 0.15) is 5.75 Å². The lowest BCUT2D eigenvalue weighted by Gasteiger charge is -2.19. The van der Waals surface area contributed by atoms with Gasteiger partial charge in [0.05, 0.1) is 12.5 Å². The van der Waals surface area contributed by atoms with Gasteiger partial charge in [-0.2, -0.15) is 0 Å². The van der Waals surface area contributed by atoms with Crippen LogP contribution in [0.15, 0.2) is 18.2 Å². The van der Waals surface area contributed by atoms with Gasteiger partial charge in [-0.05, 0) is 48.8 Å². The lowest BCUT2D eigenvalue weighted by Crippen LogP contribution is -2.15. The molecule has 1 unspecified atom stereocenters. The molecule has 1 aliphatic heterocycles. The Hall–Kier alpha value is -1.51. The van der Waals surface area contributed by atoms with E-state index >= 15 is 0 Å². The maximum Gasteiger partial charge on any atom is 0.311 e. The van der Waals surface area contributed by atoms with Crippen molar-refractivity contribution in [3.05, 3.63) is 29.3 Å². The molecule has 0 aromatic heterocycles. The van der Waals surface area contributed by atoms with Crippen LogP contribution in [0, 0.1) is 5.92 Å². The van der Waals surface area contributed by atoms with Crippen molar-refractivity contribution in [1.29, 1.82) is 0 Å². The van der Waals surface area contributed by atoms with E-state index in [-0.39, 0.29) is 5.92 Å². The lowest BCUT2D eigenvalue weighted by molar-refractivity contribution is -0.139. The lowest BCUT2D eigenvalue weighted by atomic mass is 9.91. The van der Waals surface area contributed by atoms with Crippen LogP contribution in [0.4, 0.5) is 0 Å². The van der Waals surface area contributed by atoms with E-state index in [9.17, 15) is 9.90 Å². The summed E-state index contributed by atoms with van der Waals surface area (Å²) in [6.07, 6.45) is 4.12. The summed E-state index contributed by atoms with van der Waals surface area (Å²) in [7, 11) is 0. The number of ether oxygens (including phenoxy) is 1. The summed E-state index contributed by atoms with van der Waals surface area (Å²) in [6.45, 7) is 0.775. The normalized spacial score (nSPS) is 20.2. The predicted octanol–water partition coefficient (Wildman–Crippen LogP) is 2.59. The fraction of sp³-hybridized carbons (Fsp3) is 0.500. The van der Waals surface area contributed by atoms with E-state index in [0.29, 0.717) is 5.92 Å². The summed E-state index contributed by atoms with van der Waals surface area (Å²) in [5.74, 6) is 0.265. The summed E-state index contributed by atoms with van der Waals surface area (Å²) in [4.78, 5) is 11.3. The summed E-state index contributed by atoms with van der Waals surface area (Å²) >= 11 is 0. The van der Waals surface area contributed by atoms with Crippen molar-refractivity contribution < 1.29 is 14.6 Å². The molecule has 1 N–H and O–H groups in total. The van der Waals surface area contributed by atoms with Gasteiger partial charge in [-0.15, -0.1) is 0 Å². The number of carbonyl (C=O) groups is 1. The average Bonchev–Trinajstić information content (AvgIpc) is 3.13. The van der Waals surface area contributed by atoms with Crippen molar-refractivity contribution in [2.45, 2.75) is 31.6 Å². The molecule has 0 bridgehead atoms. The van der Waals surface area contributed by atoms with E-state index in [2.05, 4.69) is 0 Å². The Morgan fingerprint density at radius 3 is 2.94 bits per heavy atom. The minimum absolute atomic E-state index is 0.317. The molecular weight excluding hydrogens is 216 g/mol. The number of carboxylic acid groups (broad SMARTS) is 1. The second-order valence-corrected chi connectivity index (χ2v) is 4.97. The smallest absolute Gasteiger partial charge is 0.311 e. The molecule has 1 heterocycles. The maximum atomic E-state index is 11.3.